The van der Waals surface area contributed by atoms with Gasteiger partial charge in [-0.1, -0.05) is 24.3 Å². The highest BCUT2D eigenvalue weighted by Gasteiger charge is 2.24. The second-order valence-electron chi connectivity index (χ2n) is 5.96. The smallest absolute Gasteiger partial charge is 0.166 e. The maximum atomic E-state index is 12.9. The minimum atomic E-state index is 0.167. The number of carbonyl (C=O) groups excluding carboxylic acids is 1. The van der Waals surface area contributed by atoms with Gasteiger partial charge in [-0.05, 0) is 43.5 Å². The standard InChI is InChI=1S/C18H22N2O/c1-20(2)17-8-7-16(14-5-3-4-6-15(14)17)18(21)13-9-11-19-12-10-13/h3-8,13,19H,9-12H2,1-2H3. The summed E-state index contributed by atoms with van der Waals surface area (Å²) in [5.74, 6) is 0.470. The van der Waals surface area contributed by atoms with E-state index >= 15 is 0 Å². The zero-order valence-corrected chi connectivity index (χ0v) is 12.7. The number of carbonyl (C=O) groups is 1. The summed E-state index contributed by atoms with van der Waals surface area (Å²) >= 11 is 0. The first-order chi connectivity index (χ1) is 10.2. The van der Waals surface area contributed by atoms with Crippen molar-refractivity contribution in [3.05, 3.63) is 42.0 Å². The Bertz CT molecular complexity index is 657. The summed E-state index contributed by atoms with van der Waals surface area (Å²) in [5.41, 5.74) is 2.04. The molecule has 1 heterocycles. The molecule has 0 radical (unpaired) electrons. The van der Waals surface area contributed by atoms with Gasteiger partial charge in [0.15, 0.2) is 5.78 Å². The van der Waals surface area contributed by atoms with E-state index in [0.717, 1.165) is 48.0 Å². The molecule has 0 spiro atoms. The van der Waals surface area contributed by atoms with Gasteiger partial charge in [-0.3, -0.25) is 4.79 Å². The Morgan fingerprint density at radius 3 is 2.38 bits per heavy atom. The number of Topliss-reactive ketones (excluding diaryl/α,β-unsaturated/α-hetero) is 1. The fourth-order valence-electron chi connectivity index (χ4n) is 3.19. The van der Waals surface area contributed by atoms with Crippen molar-refractivity contribution in [3.8, 4) is 0 Å². The molecule has 0 unspecified atom stereocenters. The zero-order valence-electron chi connectivity index (χ0n) is 12.7. The molecule has 0 amide bonds. The van der Waals surface area contributed by atoms with Gasteiger partial charge in [-0.2, -0.15) is 0 Å². The van der Waals surface area contributed by atoms with Crippen molar-refractivity contribution in [1.82, 2.24) is 5.32 Å². The molecule has 2 aromatic rings. The SMILES string of the molecule is CN(C)c1ccc(C(=O)C2CCNCC2)c2ccccc12. The fraction of sp³-hybridized carbons (Fsp3) is 0.389. The average molecular weight is 282 g/mol. The molecule has 1 N–H and O–H groups in total. The summed E-state index contributed by atoms with van der Waals surface area (Å²) in [5, 5.41) is 5.55. The lowest BCUT2D eigenvalue weighted by Crippen LogP contribution is -2.32. The van der Waals surface area contributed by atoms with E-state index in [1.54, 1.807) is 0 Å². The molecule has 3 rings (SSSR count). The number of hydrogen-bond donors (Lipinski definition) is 1. The monoisotopic (exact) mass is 282 g/mol. The third-order valence-electron chi connectivity index (χ3n) is 4.36. The van der Waals surface area contributed by atoms with Gasteiger partial charge in [0, 0.05) is 36.7 Å². The Kier molecular flexibility index (Phi) is 3.93. The number of piperidine rings is 1. The van der Waals surface area contributed by atoms with Crippen LogP contribution in [-0.4, -0.2) is 33.0 Å². The zero-order chi connectivity index (χ0) is 14.8. The molecule has 0 aromatic heterocycles. The van der Waals surface area contributed by atoms with Gasteiger partial charge < -0.3 is 10.2 Å². The Hall–Kier alpha value is -1.87. The highest BCUT2D eigenvalue weighted by Crippen LogP contribution is 2.31. The minimum absolute atomic E-state index is 0.167. The van der Waals surface area contributed by atoms with E-state index in [0.29, 0.717) is 5.78 Å². The minimum Gasteiger partial charge on any atom is -0.377 e. The van der Waals surface area contributed by atoms with Crippen LogP contribution in [0.15, 0.2) is 36.4 Å². The molecular formula is C18H22N2O. The maximum absolute atomic E-state index is 12.9. The Morgan fingerprint density at radius 2 is 1.71 bits per heavy atom. The normalized spacial score (nSPS) is 16.1. The number of benzene rings is 2. The molecule has 0 bridgehead atoms. The second kappa shape index (κ2) is 5.86. The molecule has 2 aromatic carbocycles. The quantitative estimate of drug-likeness (QED) is 0.878. The molecule has 0 saturated carbocycles. The number of nitrogens with zero attached hydrogens (tertiary/aromatic N) is 1. The largest absolute Gasteiger partial charge is 0.377 e. The summed E-state index contributed by atoms with van der Waals surface area (Å²) in [6, 6.07) is 12.3. The lowest BCUT2D eigenvalue weighted by Gasteiger charge is -2.23. The van der Waals surface area contributed by atoms with Crippen molar-refractivity contribution < 1.29 is 4.79 Å². The summed E-state index contributed by atoms with van der Waals surface area (Å²) in [4.78, 5) is 15.0. The summed E-state index contributed by atoms with van der Waals surface area (Å²) < 4.78 is 0. The number of ketones is 1. The van der Waals surface area contributed by atoms with E-state index in [-0.39, 0.29) is 5.92 Å². The number of hydrogen-bond acceptors (Lipinski definition) is 3. The van der Waals surface area contributed by atoms with Crippen LogP contribution in [0.1, 0.15) is 23.2 Å². The number of anilines is 1. The Morgan fingerprint density at radius 1 is 1.05 bits per heavy atom. The van der Waals surface area contributed by atoms with Crippen LogP contribution in [-0.2, 0) is 0 Å². The van der Waals surface area contributed by atoms with E-state index < -0.39 is 0 Å². The van der Waals surface area contributed by atoms with Gasteiger partial charge in [0.05, 0.1) is 0 Å². The third kappa shape index (κ3) is 2.66. The fourth-order valence-corrected chi connectivity index (χ4v) is 3.19. The van der Waals surface area contributed by atoms with Crippen LogP contribution in [0.25, 0.3) is 10.8 Å². The highest BCUT2D eigenvalue weighted by atomic mass is 16.1. The number of fused-ring (bicyclic) bond motifs is 1. The first-order valence-corrected chi connectivity index (χ1v) is 7.62. The Labute approximate surface area is 125 Å². The first kappa shape index (κ1) is 14.1. The molecule has 0 aliphatic carbocycles. The van der Waals surface area contributed by atoms with Crippen molar-refractivity contribution in [2.24, 2.45) is 5.92 Å². The third-order valence-corrected chi connectivity index (χ3v) is 4.36. The number of nitrogens with one attached hydrogen (secondary N) is 1. The van der Waals surface area contributed by atoms with Gasteiger partial charge >= 0.3 is 0 Å². The summed E-state index contributed by atoms with van der Waals surface area (Å²) in [6.45, 7) is 1.90. The van der Waals surface area contributed by atoms with E-state index in [1.165, 1.54) is 0 Å². The molecule has 1 aliphatic heterocycles. The predicted octanol–water partition coefficient (Wildman–Crippen LogP) is 3.09. The van der Waals surface area contributed by atoms with Gasteiger partial charge in [0.25, 0.3) is 0 Å². The lowest BCUT2D eigenvalue weighted by molar-refractivity contribution is 0.0897. The number of rotatable bonds is 3. The maximum Gasteiger partial charge on any atom is 0.166 e. The van der Waals surface area contributed by atoms with Gasteiger partial charge in [0.1, 0.15) is 0 Å². The lowest BCUT2D eigenvalue weighted by atomic mass is 9.87. The first-order valence-electron chi connectivity index (χ1n) is 7.62. The van der Waals surface area contributed by atoms with E-state index in [4.69, 9.17) is 0 Å². The van der Waals surface area contributed by atoms with Crippen molar-refractivity contribution in [2.45, 2.75) is 12.8 Å². The molecule has 1 fully saturated rings. The molecule has 110 valence electrons. The Balaban J connectivity index is 2.07. The van der Waals surface area contributed by atoms with Crippen LogP contribution in [0.3, 0.4) is 0 Å². The van der Waals surface area contributed by atoms with Crippen LogP contribution >= 0.6 is 0 Å². The van der Waals surface area contributed by atoms with E-state index in [1.807, 2.05) is 32.3 Å². The van der Waals surface area contributed by atoms with E-state index in [9.17, 15) is 4.79 Å². The molecular weight excluding hydrogens is 260 g/mol. The van der Waals surface area contributed by atoms with Crippen molar-refractivity contribution in [3.63, 3.8) is 0 Å². The van der Waals surface area contributed by atoms with E-state index in [2.05, 4.69) is 28.4 Å². The van der Waals surface area contributed by atoms with Crippen LogP contribution in [0.5, 0.6) is 0 Å². The average Bonchev–Trinajstić information content (AvgIpc) is 2.54. The van der Waals surface area contributed by atoms with Crippen LogP contribution in [0.4, 0.5) is 5.69 Å². The van der Waals surface area contributed by atoms with Gasteiger partial charge in [-0.25, -0.2) is 0 Å². The topological polar surface area (TPSA) is 32.3 Å². The van der Waals surface area contributed by atoms with Crippen molar-refractivity contribution in [2.75, 3.05) is 32.1 Å². The van der Waals surface area contributed by atoms with Gasteiger partial charge in [0.2, 0.25) is 0 Å². The molecule has 3 heteroatoms. The second-order valence-corrected chi connectivity index (χ2v) is 5.96. The summed E-state index contributed by atoms with van der Waals surface area (Å²) in [7, 11) is 4.08. The van der Waals surface area contributed by atoms with Crippen LogP contribution in [0.2, 0.25) is 0 Å². The van der Waals surface area contributed by atoms with Crippen molar-refractivity contribution in [1.29, 1.82) is 0 Å². The van der Waals surface area contributed by atoms with Gasteiger partial charge in [-0.15, -0.1) is 0 Å². The molecule has 1 saturated heterocycles. The molecule has 0 atom stereocenters. The van der Waals surface area contributed by atoms with Crippen LogP contribution < -0.4 is 10.2 Å². The molecule has 3 nitrogen and oxygen atoms in total. The summed E-state index contributed by atoms with van der Waals surface area (Å²) in [6.07, 6.45) is 1.89. The molecule has 1 aliphatic rings. The predicted molar refractivity (Wildman–Crippen MR) is 88.2 cm³/mol. The molecule has 21 heavy (non-hydrogen) atoms. The highest BCUT2D eigenvalue weighted by molar-refractivity contribution is 6.12. The van der Waals surface area contributed by atoms with Crippen LogP contribution in [0, 0.1) is 5.92 Å². The van der Waals surface area contributed by atoms with Crippen molar-refractivity contribution >= 4 is 22.2 Å².